The Hall–Kier alpha value is -2.01. The molecule has 130 valence electrons. The second-order valence-electron chi connectivity index (χ2n) is 5.90. The van der Waals surface area contributed by atoms with Crippen molar-refractivity contribution in [3.63, 3.8) is 0 Å². The molecule has 2 aromatic rings. The van der Waals surface area contributed by atoms with Gasteiger partial charge in [-0.3, -0.25) is 0 Å². The lowest BCUT2D eigenvalue weighted by atomic mass is 10.2. The van der Waals surface area contributed by atoms with Gasteiger partial charge in [-0.25, -0.2) is 4.98 Å². The van der Waals surface area contributed by atoms with Gasteiger partial charge >= 0.3 is 0 Å². The van der Waals surface area contributed by atoms with E-state index in [2.05, 4.69) is 27.1 Å². The molecule has 0 radical (unpaired) electrons. The summed E-state index contributed by atoms with van der Waals surface area (Å²) in [5, 5.41) is 4.00. The van der Waals surface area contributed by atoms with Crippen LogP contribution in [0.15, 0.2) is 18.2 Å². The predicted molar refractivity (Wildman–Crippen MR) is 101 cm³/mol. The minimum Gasteiger partial charge on any atom is -0.495 e. The number of rotatable bonds is 7. The Labute approximate surface area is 149 Å². The molecule has 2 rings (SSSR count). The zero-order valence-corrected chi connectivity index (χ0v) is 15.7. The maximum absolute atomic E-state index is 6.17. The number of aromatic nitrogens is 2. The van der Waals surface area contributed by atoms with Gasteiger partial charge in [0.25, 0.3) is 0 Å². The number of nitrogens with zero attached hydrogens (tertiary/aromatic N) is 3. The summed E-state index contributed by atoms with van der Waals surface area (Å²) in [6.45, 7) is 7.03. The number of ether oxygens (including phenoxy) is 1. The monoisotopic (exact) mass is 348 g/mol. The average molecular weight is 349 g/mol. The Balaban J connectivity index is 2.30. The van der Waals surface area contributed by atoms with E-state index in [4.69, 9.17) is 16.3 Å². The highest BCUT2D eigenvalue weighted by molar-refractivity contribution is 6.31. The number of nitrogens with one attached hydrogen (secondary N) is 1. The van der Waals surface area contributed by atoms with Gasteiger partial charge in [0.2, 0.25) is 5.95 Å². The molecule has 0 saturated carbocycles. The summed E-state index contributed by atoms with van der Waals surface area (Å²) >= 11 is 6.17. The Morgan fingerprint density at radius 3 is 2.62 bits per heavy atom. The molecule has 0 spiro atoms. The maximum atomic E-state index is 6.17. The second-order valence-corrected chi connectivity index (χ2v) is 6.30. The number of halogens is 1. The smallest absolute Gasteiger partial charge is 0.227 e. The molecular formula is C18H25ClN4O. The predicted octanol–water partition coefficient (Wildman–Crippen LogP) is 4.74. The van der Waals surface area contributed by atoms with Crippen molar-refractivity contribution >= 4 is 29.1 Å². The van der Waals surface area contributed by atoms with Crippen molar-refractivity contribution in [2.75, 3.05) is 30.9 Å². The number of benzene rings is 1. The van der Waals surface area contributed by atoms with E-state index in [1.165, 1.54) is 0 Å². The van der Waals surface area contributed by atoms with Crippen LogP contribution in [-0.4, -0.2) is 30.7 Å². The van der Waals surface area contributed by atoms with Gasteiger partial charge in [0.15, 0.2) is 0 Å². The summed E-state index contributed by atoms with van der Waals surface area (Å²) in [4.78, 5) is 11.2. The standard InChI is InChI=1S/C18H25ClN4O/c1-6-7-8-23(4)18-20-13(3)10-17(22-18)21-15-9-12(2)14(19)11-16(15)24-5/h9-11H,6-8H2,1-5H3,(H,20,21,22). The van der Waals surface area contributed by atoms with Crippen LogP contribution in [0.1, 0.15) is 31.0 Å². The van der Waals surface area contributed by atoms with Gasteiger partial charge < -0.3 is 15.0 Å². The van der Waals surface area contributed by atoms with Crippen LogP contribution in [0.25, 0.3) is 0 Å². The highest BCUT2D eigenvalue weighted by Crippen LogP contribution is 2.33. The summed E-state index contributed by atoms with van der Waals surface area (Å²) in [6.07, 6.45) is 2.25. The van der Waals surface area contributed by atoms with Crippen molar-refractivity contribution in [1.82, 2.24) is 9.97 Å². The van der Waals surface area contributed by atoms with Crippen LogP contribution < -0.4 is 15.0 Å². The van der Waals surface area contributed by atoms with Crippen molar-refractivity contribution in [2.24, 2.45) is 0 Å². The number of hydrogen-bond acceptors (Lipinski definition) is 5. The van der Waals surface area contributed by atoms with Gasteiger partial charge in [-0.1, -0.05) is 24.9 Å². The molecule has 0 aliphatic heterocycles. The molecule has 0 bridgehead atoms. The Bertz CT molecular complexity index is 706. The van der Waals surface area contributed by atoms with Gasteiger partial charge in [-0.2, -0.15) is 4.98 Å². The van der Waals surface area contributed by atoms with E-state index in [1.54, 1.807) is 7.11 Å². The van der Waals surface area contributed by atoms with Crippen LogP contribution in [0.3, 0.4) is 0 Å². The fourth-order valence-electron chi connectivity index (χ4n) is 2.35. The third-order valence-corrected chi connectivity index (χ3v) is 4.18. The lowest BCUT2D eigenvalue weighted by molar-refractivity contribution is 0.416. The molecule has 0 fully saturated rings. The van der Waals surface area contributed by atoms with Crippen LogP contribution in [0.5, 0.6) is 5.75 Å². The molecule has 0 aliphatic carbocycles. The first-order chi connectivity index (χ1) is 11.4. The quantitative estimate of drug-likeness (QED) is 0.783. The summed E-state index contributed by atoms with van der Waals surface area (Å²) in [5.41, 5.74) is 2.72. The summed E-state index contributed by atoms with van der Waals surface area (Å²) in [7, 11) is 3.64. The minimum atomic E-state index is 0.677. The summed E-state index contributed by atoms with van der Waals surface area (Å²) in [5.74, 6) is 2.14. The molecule has 1 aromatic carbocycles. The van der Waals surface area contributed by atoms with E-state index in [9.17, 15) is 0 Å². The van der Waals surface area contributed by atoms with E-state index < -0.39 is 0 Å². The highest BCUT2D eigenvalue weighted by atomic mass is 35.5. The second kappa shape index (κ2) is 8.20. The molecule has 1 heterocycles. The van der Waals surface area contributed by atoms with Gasteiger partial charge in [0.1, 0.15) is 11.6 Å². The van der Waals surface area contributed by atoms with Gasteiger partial charge in [-0.05, 0) is 31.9 Å². The number of hydrogen-bond donors (Lipinski definition) is 1. The van der Waals surface area contributed by atoms with E-state index >= 15 is 0 Å². The maximum Gasteiger partial charge on any atom is 0.227 e. The molecule has 0 unspecified atom stereocenters. The number of unbranched alkanes of at least 4 members (excludes halogenated alkanes) is 1. The Morgan fingerprint density at radius 1 is 1.21 bits per heavy atom. The van der Waals surface area contributed by atoms with Gasteiger partial charge in [-0.15, -0.1) is 0 Å². The average Bonchev–Trinajstić information content (AvgIpc) is 2.55. The van der Waals surface area contributed by atoms with Crippen LogP contribution in [0.2, 0.25) is 5.02 Å². The van der Waals surface area contributed by atoms with Gasteiger partial charge in [0.05, 0.1) is 12.8 Å². The first-order valence-corrected chi connectivity index (χ1v) is 8.50. The van der Waals surface area contributed by atoms with Crippen molar-refractivity contribution in [1.29, 1.82) is 0 Å². The molecule has 1 aromatic heterocycles. The minimum absolute atomic E-state index is 0.677. The van der Waals surface area contributed by atoms with Gasteiger partial charge in [0, 0.05) is 36.4 Å². The first-order valence-electron chi connectivity index (χ1n) is 8.12. The zero-order chi connectivity index (χ0) is 17.7. The van der Waals surface area contributed by atoms with Crippen LogP contribution in [-0.2, 0) is 0 Å². The van der Waals surface area contributed by atoms with Crippen LogP contribution >= 0.6 is 11.6 Å². The number of anilines is 3. The fourth-order valence-corrected chi connectivity index (χ4v) is 2.50. The van der Waals surface area contributed by atoms with Crippen molar-refractivity contribution in [2.45, 2.75) is 33.6 Å². The zero-order valence-electron chi connectivity index (χ0n) is 15.0. The highest BCUT2D eigenvalue weighted by Gasteiger charge is 2.11. The largest absolute Gasteiger partial charge is 0.495 e. The van der Waals surface area contributed by atoms with Crippen LogP contribution in [0.4, 0.5) is 17.5 Å². The van der Waals surface area contributed by atoms with Crippen molar-refractivity contribution < 1.29 is 4.74 Å². The Morgan fingerprint density at radius 2 is 1.96 bits per heavy atom. The summed E-state index contributed by atoms with van der Waals surface area (Å²) in [6, 6.07) is 5.68. The normalized spacial score (nSPS) is 10.6. The van der Waals surface area contributed by atoms with E-state index in [0.29, 0.717) is 10.8 Å². The molecule has 24 heavy (non-hydrogen) atoms. The number of aryl methyl sites for hydroxylation is 2. The lowest BCUT2D eigenvalue weighted by Crippen LogP contribution is -2.21. The third kappa shape index (κ3) is 4.51. The molecule has 0 saturated heterocycles. The fraction of sp³-hybridized carbons (Fsp3) is 0.444. The molecule has 0 aliphatic rings. The number of methoxy groups -OCH3 is 1. The molecular weight excluding hydrogens is 324 g/mol. The van der Waals surface area contributed by atoms with Crippen molar-refractivity contribution in [3.8, 4) is 5.75 Å². The first kappa shape index (κ1) is 18.3. The Kier molecular flexibility index (Phi) is 6.26. The molecule has 0 amide bonds. The molecule has 6 heteroatoms. The lowest BCUT2D eigenvalue weighted by Gasteiger charge is -2.19. The SMILES string of the molecule is CCCCN(C)c1nc(C)cc(Nc2cc(C)c(Cl)cc2OC)n1. The molecule has 5 nitrogen and oxygen atoms in total. The summed E-state index contributed by atoms with van der Waals surface area (Å²) < 4.78 is 5.41. The van der Waals surface area contributed by atoms with E-state index in [-0.39, 0.29) is 0 Å². The van der Waals surface area contributed by atoms with Crippen molar-refractivity contribution in [3.05, 3.63) is 34.5 Å². The van der Waals surface area contributed by atoms with Crippen LogP contribution in [0, 0.1) is 13.8 Å². The van der Waals surface area contributed by atoms with E-state index in [0.717, 1.165) is 48.1 Å². The van der Waals surface area contributed by atoms with E-state index in [1.807, 2.05) is 39.1 Å². The molecule has 0 atom stereocenters. The molecule has 1 N–H and O–H groups in total. The third-order valence-electron chi connectivity index (χ3n) is 3.77. The topological polar surface area (TPSA) is 50.3 Å².